The Hall–Kier alpha value is -1.68. The molecule has 0 aliphatic rings. The molecule has 0 spiro atoms. The van der Waals surface area contributed by atoms with Crippen LogP contribution in [0.5, 0.6) is 0 Å². The first-order valence-corrected chi connectivity index (χ1v) is 6.70. The summed E-state index contributed by atoms with van der Waals surface area (Å²) in [6.45, 7) is 6.02. The Morgan fingerprint density at radius 3 is 2.40 bits per heavy atom. The molecule has 1 aromatic carbocycles. The highest BCUT2D eigenvalue weighted by atomic mass is 35.5. The van der Waals surface area contributed by atoms with Crippen LogP contribution in [0, 0.1) is 5.82 Å². The normalized spacial score (nSPS) is 11.5. The van der Waals surface area contributed by atoms with Gasteiger partial charge in [-0.1, -0.05) is 44.5 Å². The van der Waals surface area contributed by atoms with Gasteiger partial charge in [0.2, 0.25) is 0 Å². The molecular weight excluding hydrogens is 277 g/mol. The predicted octanol–water partition coefficient (Wildman–Crippen LogP) is 4.33. The smallest absolute Gasteiger partial charge is 0.146 e. The Morgan fingerprint density at radius 2 is 1.80 bits per heavy atom. The van der Waals surface area contributed by atoms with E-state index in [4.69, 9.17) is 11.6 Å². The van der Waals surface area contributed by atoms with Crippen molar-refractivity contribution in [2.45, 2.75) is 26.2 Å². The average Bonchev–Trinajstić information content (AvgIpc) is 2.37. The van der Waals surface area contributed by atoms with Crippen molar-refractivity contribution in [2.24, 2.45) is 0 Å². The van der Waals surface area contributed by atoms with Crippen LogP contribution in [0.15, 0.2) is 30.3 Å². The van der Waals surface area contributed by atoms with Crippen LogP contribution >= 0.6 is 11.6 Å². The molecule has 5 heteroatoms. The number of hydrogen-bond acceptors (Lipinski definition) is 3. The third-order valence-electron chi connectivity index (χ3n) is 2.91. The summed E-state index contributed by atoms with van der Waals surface area (Å²) < 4.78 is 13.8. The molecule has 0 atom stereocenters. The van der Waals surface area contributed by atoms with Gasteiger partial charge in [-0.15, -0.1) is 0 Å². The summed E-state index contributed by atoms with van der Waals surface area (Å²) in [5, 5.41) is 0.350. The summed E-state index contributed by atoms with van der Waals surface area (Å²) in [4.78, 5) is 10.4. The zero-order valence-corrected chi connectivity index (χ0v) is 12.7. The molecule has 0 N–H and O–H groups in total. The molecule has 3 nitrogen and oxygen atoms in total. The first-order valence-electron chi connectivity index (χ1n) is 6.32. The van der Waals surface area contributed by atoms with Gasteiger partial charge in [0.15, 0.2) is 0 Å². The number of benzene rings is 1. The van der Waals surface area contributed by atoms with Gasteiger partial charge in [0.25, 0.3) is 0 Å². The van der Waals surface area contributed by atoms with E-state index < -0.39 is 0 Å². The topological polar surface area (TPSA) is 29.0 Å². The zero-order valence-electron chi connectivity index (χ0n) is 12.0. The molecule has 2 aromatic rings. The maximum atomic E-state index is 13.8. The Balaban J connectivity index is 2.48. The number of aromatic nitrogens is 2. The summed E-state index contributed by atoms with van der Waals surface area (Å²) in [6, 6.07) is 8.17. The van der Waals surface area contributed by atoms with Crippen molar-refractivity contribution >= 4 is 23.1 Å². The summed E-state index contributed by atoms with van der Waals surface area (Å²) in [5.74, 6) is 0.894. The van der Waals surface area contributed by atoms with Crippen LogP contribution < -0.4 is 4.90 Å². The highest BCUT2D eigenvalue weighted by Crippen LogP contribution is 2.28. The Bertz CT molecular complexity index is 623. The van der Waals surface area contributed by atoms with E-state index in [0.29, 0.717) is 22.5 Å². The Labute approximate surface area is 123 Å². The Kier molecular flexibility index (Phi) is 3.95. The van der Waals surface area contributed by atoms with Gasteiger partial charge < -0.3 is 4.90 Å². The van der Waals surface area contributed by atoms with E-state index in [1.807, 2.05) is 20.8 Å². The van der Waals surface area contributed by atoms with Gasteiger partial charge in [0.05, 0.1) is 5.69 Å². The second kappa shape index (κ2) is 5.37. The minimum absolute atomic E-state index is 0.226. The van der Waals surface area contributed by atoms with Crippen molar-refractivity contribution in [3.05, 3.63) is 47.1 Å². The van der Waals surface area contributed by atoms with Crippen LogP contribution in [0.3, 0.4) is 0 Å². The van der Waals surface area contributed by atoms with Crippen molar-refractivity contribution in [1.29, 1.82) is 0 Å². The second-order valence-electron chi connectivity index (χ2n) is 5.63. The van der Waals surface area contributed by atoms with Gasteiger partial charge in [0.1, 0.15) is 22.6 Å². The van der Waals surface area contributed by atoms with Gasteiger partial charge in [-0.25, -0.2) is 14.4 Å². The van der Waals surface area contributed by atoms with E-state index in [9.17, 15) is 4.39 Å². The number of para-hydroxylation sites is 1. The maximum Gasteiger partial charge on any atom is 0.146 e. The highest BCUT2D eigenvalue weighted by Gasteiger charge is 2.20. The average molecular weight is 294 g/mol. The summed E-state index contributed by atoms with van der Waals surface area (Å²) >= 11 is 6.06. The number of hydrogen-bond donors (Lipinski definition) is 0. The van der Waals surface area contributed by atoms with Crippen molar-refractivity contribution in [3.8, 4) is 0 Å². The van der Waals surface area contributed by atoms with Gasteiger partial charge in [0, 0.05) is 18.5 Å². The van der Waals surface area contributed by atoms with E-state index in [-0.39, 0.29) is 11.2 Å². The third kappa shape index (κ3) is 3.07. The predicted molar refractivity (Wildman–Crippen MR) is 80.2 cm³/mol. The molecule has 0 bridgehead atoms. The van der Waals surface area contributed by atoms with Crippen molar-refractivity contribution < 1.29 is 4.39 Å². The van der Waals surface area contributed by atoms with E-state index in [2.05, 4.69) is 9.97 Å². The molecule has 0 radical (unpaired) electrons. The summed E-state index contributed by atoms with van der Waals surface area (Å²) in [6.07, 6.45) is 0. The summed E-state index contributed by atoms with van der Waals surface area (Å²) in [5.41, 5.74) is 0.220. The van der Waals surface area contributed by atoms with Gasteiger partial charge in [-0.3, -0.25) is 0 Å². The summed E-state index contributed by atoms with van der Waals surface area (Å²) in [7, 11) is 1.75. The molecule has 2 rings (SSSR count). The van der Waals surface area contributed by atoms with Crippen LogP contribution in [-0.4, -0.2) is 17.0 Å². The van der Waals surface area contributed by atoms with Gasteiger partial charge in [-0.2, -0.15) is 0 Å². The fraction of sp³-hybridized carbons (Fsp3) is 0.333. The molecule has 0 aliphatic heterocycles. The SMILES string of the molecule is CN(c1cc(Cl)nc(C(C)(C)C)n1)c1ccccc1F. The molecule has 0 saturated carbocycles. The van der Waals surface area contributed by atoms with Crippen molar-refractivity contribution in [3.63, 3.8) is 0 Å². The maximum absolute atomic E-state index is 13.8. The van der Waals surface area contributed by atoms with E-state index in [0.717, 1.165) is 0 Å². The largest absolute Gasteiger partial charge is 0.327 e. The van der Waals surface area contributed by atoms with E-state index in [1.54, 1.807) is 36.2 Å². The standard InChI is InChI=1S/C15H17ClFN3/c1-15(2,3)14-18-12(16)9-13(19-14)20(4)11-8-6-5-7-10(11)17/h5-9H,1-4H3. The van der Waals surface area contributed by atoms with Gasteiger partial charge >= 0.3 is 0 Å². The lowest BCUT2D eigenvalue weighted by molar-refractivity contribution is 0.545. The molecule has 1 aromatic heterocycles. The zero-order chi connectivity index (χ0) is 14.9. The monoisotopic (exact) mass is 293 g/mol. The van der Waals surface area contributed by atoms with Crippen LogP contribution in [0.1, 0.15) is 26.6 Å². The molecule has 0 aliphatic carbocycles. The van der Waals surface area contributed by atoms with Crippen molar-refractivity contribution in [2.75, 3.05) is 11.9 Å². The molecule has 0 fully saturated rings. The molecule has 1 heterocycles. The first kappa shape index (κ1) is 14.7. The lowest BCUT2D eigenvalue weighted by atomic mass is 9.96. The fourth-order valence-corrected chi connectivity index (χ4v) is 1.94. The number of anilines is 2. The molecule has 0 saturated heterocycles. The number of halogens is 2. The molecule has 0 unspecified atom stereocenters. The van der Waals surface area contributed by atoms with E-state index in [1.165, 1.54) is 6.07 Å². The number of rotatable bonds is 2. The quantitative estimate of drug-likeness (QED) is 0.772. The first-order chi connectivity index (χ1) is 9.29. The number of nitrogens with zero attached hydrogens (tertiary/aromatic N) is 3. The minimum Gasteiger partial charge on any atom is -0.327 e. The second-order valence-corrected chi connectivity index (χ2v) is 6.02. The van der Waals surface area contributed by atoms with Crippen molar-refractivity contribution in [1.82, 2.24) is 9.97 Å². The van der Waals surface area contributed by atoms with Crippen LogP contribution in [0.2, 0.25) is 5.15 Å². The van der Waals surface area contributed by atoms with Gasteiger partial charge in [-0.05, 0) is 12.1 Å². The minimum atomic E-state index is -0.304. The molecule has 0 amide bonds. The Morgan fingerprint density at radius 1 is 1.15 bits per heavy atom. The van der Waals surface area contributed by atoms with Crippen LogP contribution in [-0.2, 0) is 5.41 Å². The molecule has 106 valence electrons. The third-order valence-corrected chi connectivity index (χ3v) is 3.10. The lowest BCUT2D eigenvalue weighted by Gasteiger charge is -2.22. The van der Waals surface area contributed by atoms with Crippen LogP contribution in [0.4, 0.5) is 15.9 Å². The highest BCUT2D eigenvalue weighted by molar-refractivity contribution is 6.29. The van der Waals surface area contributed by atoms with Crippen LogP contribution in [0.25, 0.3) is 0 Å². The molecule has 20 heavy (non-hydrogen) atoms. The van der Waals surface area contributed by atoms with E-state index >= 15 is 0 Å². The molecular formula is C15H17ClFN3. The lowest BCUT2D eigenvalue weighted by Crippen LogP contribution is -2.20. The fourth-order valence-electron chi connectivity index (χ4n) is 1.76.